The predicted octanol–water partition coefficient (Wildman–Crippen LogP) is 1.41. The van der Waals surface area contributed by atoms with Gasteiger partial charge in [0.25, 0.3) is 0 Å². The van der Waals surface area contributed by atoms with Gasteiger partial charge in [0, 0.05) is 6.07 Å². The molecule has 1 rings (SSSR count). The number of rotatable bonds is 7. The molecule has 0 aliphatic carbocycles. The van der Waals surface area contributed by atoms with Crippen LogP contribution >= 0.6 is 0 Å². The summed E-state index contributed by atoms with van der Waals surface area (Å²) in [4.78, 5) is 32.9. The number of benzene rings is 1. The van der Waals surface area contributed by atoms with Crippen LogP contribution in [0.3, 0.4) is 0 Å². The third-order valence-corrected chi connectivity index (χ3v) is 2.75. The quantitative estimate of drug-likeness (QED) is 0.350. The molecule has 1 aromatic rings. The second kappa shape index (κ2) is 7.22. The van der Waals surface area contributed by atoms with Crippen LogP contribution in [-0.4, -0.2) is 35.7 Å². The number of hydrogen-bond acceptors (Lipinski definition) is 6. The van der Waals surface area contributed by atoms with Gasteiger partial charge < -0.3 is 14.6 Å². The Hall–Kier alpha value is -2.64. The molecule has 0 aliphatic heterocycles. The van der Waals surface area contributed by atoms with Gasteiger partial charge in [-0.1, -0.05) is 6.07 Å². The fourth-order valence-electron chi connectivity index (χ4n) is 1.76. The second-order valence-corrected chi connectivity index (χ2v) is 4.11. The number of nitro benzene ring substituents is 1. The molecule has 0 saturated heterocycles. The van der Waals surface area contributed by atoms with Crippen molar-refractivity contribution in [2.24, 2.45) is 5.92 Å². The number of carbonyl (C=O) groups is 2. The first-order chi connectivity index (χ1) is 9.90. The van der Waals surface area contributed by atoms with E-state index in [2.05, 4.69) is 4.74 Å². The summed E-state index contributed by atoms with van der Waals surface area (Å²) in [5.74, 6) is -3.56. The average molecular weight is 297 g/mol. The van der Waals surface area contributed by atoms with Crippen molar-refractivity contribution in [3.63, 3.8) is 0 Å². The Morgan fingerprint density at radius 3 is 2.57 bits per heavy atom. The molecule has 21 heavy (non-hydrogen) atoms. The maximum Gasteiger partial charge on any atom is 0.320 e. The first kappa shape index (κ1) is 16.4. The van der Waals surface area contributed by atoms with Gasteiger partial charge in [-0.3, -0.25) is 19.7 Å². The molecular weight excluding hydrogens is 282 g/mol. The highest BCUT2D eigenvalue weighted by atomic mass is 16.6. The number of carboxylic acids is 1. The topological polar surface area (TPSA) is 116 Å². The van der Waals surface area contributed by atoms with Crippen LogP contribution in [0.2, 0.25) is 0 Å². The largest absolute Gasteiger partial charge is 0.490 e. The van der Waals surface area contributed by atoms with E-state index in [-0.39, 0.29) is 24.5 Å². The van der Waals surface area contributed by atoms with Gasteiger partial charge in [0.05, 0.1) is 18.6 Å². The smallest absolute Gasteiger partial charge is 0.320 e. The van der Waals surface area contributed by atoms with Crippen molar-refractivity contribution in [3.8, 4) is 5.75 Å². The molecule has 0 fully saturated rings. The standard InChI is InChI=1S/C13H15NO7/c1-3-21-13(17)9(12(15)16)6-8-4-5-11(20-2)10(7-8)14(18)19/h4-5,7,9H,3,6H2,1-2H3,(H,15,16). The molecule has 0 aliphatic rings. The molecule has 1 aromatic carbocycles. The molecule has 114 valence electrons. The van der Waals surface area contributed by atoms with Crippen molar-refractivity contribution in [1.82, 2.24) is 0 Å². The normalized spacial score (nSPS) is 11.5. The monoisotopic (exact) mass is 297 g/mol. The van der Waals surface area contributed by atoms with Gasteiger partial charge in [-0.25, -0.2) is 0 Å². The molecule has 0 bridgehead atoms. The number of nitro groups is 1. The van der Waals surface area contributed by atoms with Crippen molar-refractivity contribution in [3.05, 3.63) is 33.9 Å². The van der Waals surface area contributed by atoms with Crippen LogP contribution in [0.15, 0.2) is 18.2 Å². The van der Waals surface area contributed by atoms with E-state index in [1.807, 2.05) is 0 Å². The minimum Gasteiger partial charge on any atom is -0.490 e. The van der Waals surface area contributed by atoms with Crippen LogP contribution in [0.25, 0.3) is 0 Å². The lowest BCUT2D eigenvalue weighted by Crippen LogP contribution is -2.28. The summed E-state index contributed by atoms with van der Waals surface area (Å²) in [5.41, 5.74) is 0.0472. The second-order valence-electron chi connectivity index (χ2n) is 4.11. The Kier molecular flexibility index (Phi) is 5.65. The molecule has 1 N–H and O–H groups in total. The summed E-state index contributed by atoms with van der Waals surface area (Å²) in [5, 5.41) is 20.0. The number of carboxylic acid groups (broad SMARTS) is 1. The highest BCUT2D eigenvalue weighted by Crippen LogP contribution is 2.28. The summed E-state index contributed by atoms with van der Waals surface area (Å²) in [6.45, 7) is 1.63. The lowest BCUT2D eigenvalue weighted by atomic mass is 9.99. The van der Waals surface area contributed by atoms with E-state index in [4.69, 9.17) is 9.84 Å². The van der Waals surface area contributed by atoms with Gasteiger partial charge in [-0.2, -0.15) is 0 Å². The first-order valence-corrected chi connectivity index (χ1v) is 6.11. The number of methoxy groups -OCH3 is 1. The van der Waals surface area contributed by atoms with Gasteiger partial charge in [-0.05, 0) is 25.0 Å². The molecular formula is C13H15NO7. The van der Waals surface area contributed by atoms with Gasteiger partial charge in [0.1, 0.15) is 0 Å². The molecule has 8 heteroatoms. The average Bonchev–Trinajstić information content (AvgIpc) is 2.44. The summed E-state index contributed by atoms with van der Waals surface area (Å²) in [7, 11) is 1.29. The molecule has 1 unspecified atom stereocenters. The molecule has 8 nitrogen and oxygen atoms in total. The van der Waals surface area contributed by atoms with Crippen LogP contribution in [0.4, 0.5) is 5.69 Å². The van der Waals surface area contributed by atoms with Gasteiger partial charge in [0.2, 0.25) is 0 Å². The van der Waals surface area contributed by atoms with E-state index in [1.54, 1.807) is 6.92 Å². The lowest BCUT2D eigenvalue weighted by molar-refractivity contribution is -0.385. The molecule has 0 heterocycles. The minimum absolute atomic E-state index is 0.0609. The summed E-state index contributed by atoms with van der Waals surface area (Å²) >= 11 is 0. The highest BCUT2D eigenvalue weighted by molar-refractivity contribution is 5.94. The number of nitrogens with zero attached hydrogens (tertiary/aromatic N) is 1. The van der Waals surface area contributed by atoms with Gasteiger partial charge in [-0.15, -0.1) is 0 Å². The van der Waals surface area contributed by atoms with Crippen LogP contribution in [0, 0.1) is 16.0 Å². The predicted molar refractivity (Wildman–Crippen MR) is 71.1 cm³/mol. The van der Waals surface area contributed by atoms with E-state index >= 15 is 0 Å². The van der Waals surface area contributed by atoms with Crippen molar-refractivity contribution < 1.29 is 29.1 Å². The number of hydrogen-bond donors (Lipinski definition) is 1. The minimum atomic E-state index is -1.40. The van der Waals surface area contributed by atoms with Gasteiger partial charge in [0.15, 0.2) is 11.7 Å². The molecule has 0 saturated carbocycles. The Morgan fingerprint density at radius 1 is 1.43 bits per heavy atom. The third kappa shape index (κ3) is 4.16. The first-order valence-electron chi connectivity index (χ1n) is 6.11. The van der Waals surface area contributed by atoms with Crippen molar-refractivity contribution in [1.29, 1.82) is 0 Å². The Labute approximate surface area is 120 Å². The van der Waals surface area contributed by atoms with Crippen LogP contribution in [0.1, 0.15) is 12.5 Å². The van der Waals surface area contributed by atoms with Crippen molar-refractivity contribution in [2.75, 3.05) is 13.7 Å². The Balaban J connectivity index is 3.04. The highest BCUT2D eigenvalue weighted by Gasteiger charge is 2.29. The molecule has 0 aromatic heterocycles. The Morgan fingerprint density at radius 2 is 2.10 bits per heavy atom. The lowest BCUT2D eigenvalue weighted by Gasteiger charge is -2.11. The molecule has 0 radical (unpaired) electrons. The van der Waals surface area contributed by atoms with E-state index < -0.39 is 22.8 Å². The van der Waals surface area contributed by atoms with Crippen molar-refractivity contribution >= 4 is 17.6 Å². The third-order valence-electron chi connectivity index (χ3n) is 2.75. The van der Waals surface area contributed by atoms with Gasteiger partial charge >= 0.3 is 17.6 Å². The number of carbonyl (C=O) groups excluding carboxylic acids is 1. The van der Waals surface area contributed by atoms with Crippen LogP contribution in [-0.2, 0) is 20.7 Å². The zero-order chi connectivity index (χ0) is 16.0. The van der Waals surface area contributed by atoms with E-state index in [9.17, 15) is 19.7 Å². The summed E-state index contributed by atoms with van der Waals surface area (Å²) < 4.78 is 9.53. The molecule has 1 atom stereocenters. The Bertz CT molecular complexity index is 555. The fourth-order valence-corrected chi connectivity index (χ4v) is 1.76. The van der Waals surface area contributed by atoms with Crippen molar-refractivity contribution in [2.45, 2.75) is 13.3 Å². The van der Waals surface area contributed by atoms with E-state index in [0.717, 1.165) is 0 Å². The zero-order valence-corrected chi connectivity index (χ0v) is 11.6. The SMILES string of the molecule is CCOC(=O)C(Cc1ccc(OC)c([N+](=O)[O-])c1)C(=O)O. The number of ether oxygens (including phenoxy) is 2. The van der Waals surface area contributed by atoms with E-state index in [0.29, 0.717) is 5.56 Å². The zero-order valence-electron chi connectivity index (χ0n) is 11.6. The molecule has 0 amide bonds. The number of aliphatic carboxylic acids is 1. The maximum absolute atomic E-state index is 11.6. The van der Waals surface area contributed by atoms with E-state index in [1.165, 1.54) is 25.3 Å². The maximum atomic E-state index is 11.6. The molecule has 0 spiro atoms. The summed E-state index contributed by atoms with van der Waals surface area (Å²) in [6.07, 6.45) is -0.195. The number of esters is 1. The van der Waals surface area contributed by atoms with Crippen LogP contribution in [0.5, 0.6) is 5.75 Å². The van der Waals surface area contributed by atoms with Crippen LogP contribution < -0.4 is 4.74 Å². The fraction of sp³-hybridized carbons (Fsp3) is 0.385. The summed E-state index contributed by atoms with van der Waals surface area (Å²) in [6, 6.07) is 4.02.